The molecule has 2 rings (SSSR count). The topological polar surface area (TPSA) is 60.5 Å². The summed E-state index contributed by atoms with van der Waals surface area (Å²) in [6.07, 6.45) is 3.19. The number of methoxy groups -OCH3 is 1. The summed E-state index contributed by atoms with van der Waals surface area (Å²) >= 11 is 0. The van der Waals surface area contributed by atoms with Gasteiger partial charge in [-0.25, -0.2) is 9.18 Å². The van der Waals surface area contributed by atoms with Crippen LogP contribution in [-0.2, 0) is 15.1 Å². The van der Waals surface area contributed by atoms with E-state index >= 15 is 0 Å². The van der Waals surface area contributed by atoms with Crippen LogP contribution in [0.3, 0.4) is 0 Å². The van der Waals surface area contributed by atoms with Crippen LogP contribution in [0.15, 0.2) is 12.3 Å². The first-order chi connectivity index (χ1) is 9.77. The van der Waals surface area contributed by atoms with E-state index in [-0.39, 0.29) is 11.4 Å². The van der Waals surface area contributed by atoms with Crippen LogP contribution in [-0.4, -0.2) is 23.8 Å². The first kappa shape index (κ1) is 15.7. The number of hydrogen-bond donors (Lipinski definition) is 1. The van der Waals surface area contributed by atoms with Crippen molar-refractivity contribution in [2.24, 2.45) is 0 Å². The van der Waals surface area contributed by atoms with Gasteiger partial charge in [0, 0.05) is 13.3 Å². The van der Waals surface area contributed by atoms with Crippen molar-refractivity contribution in [3.63, 3.8) is 0 Å². The summed E-state index contributed by atoms with van der Waals surface area (Å²) in [4.78, 5) is 15.8. The third-order valence-corrected chi connectivity index (χ3v) is 3.51. The highest BCUT2D eigenvalue weighted by Gasteiger charge is 2.43. The molecular weight excluding hydrogens is 275 g/mol. The number of hydrogen-bond acceptors (Lipinski definition) is 4. The van der Waals surface area contributed by atoms with Gasteiger partial charge in [0.05, 0.1) is 5.69 Å². The Kier molecular flexibility index (Phi) is 4.18. The van der Waals surface area contributed by atoms with Crippen LogP contribution in [0.1, 0.15) is 45.7 Å². The number of ether oxygens (including phenoxy) is 2. The molecule has 1 aliphatic rings. The lowest BCUT2D eigenvalue weighted by Crippen LogP contribution is -2.38. The Morgan fingerprint density at radius 2 is 2.10 bits per heavy atom. The summed E-state index contributed by atoms with van der Waals surface area (Å²) in [6, 6.07) is 1.41. The molecule has 0 radical (unpaired) electrons. The number of nitrogens with zero attached hydrogens (tertiary/aromatic N) is 1. The molecule has 0 atom stereocenters. The smallest absolute Gasteiger partial charge is 0.412 e. The maximum Gasteiger partial charge on any atom is 0.412 e. The average Bonchev–Trinajstić information content (AvgIpc) is 2.30. The number of anilines is 1. The molecule has 0 saturated heterocycles. The van der Waals surface area contributed by atoms with E-state index in [0.29, 0.717) is 0 Å². The Morgan fingerprint density at radius 3 is 2.57 bits per heavy atom. The number of amides is 1. The number of nitrogens with one attached hydrogen (secondary N) is 1. The van der Waals surface area contributed by atoms with Crippen molar-refractivity contribution in [3.8, 4) is 0 Å². The molecule has 1 saturated carbocycles. The van der Waals surface area contributed by atoms with Gasteiger partial charge in [-0.2, -0.15) is 0 Å². The van der Waals surface area contributed by atoms with Gasteiger partial charge in [0.2, 0.25) is 0 Å². The molecule has 1 heterocycles. The van der Waals surface area contributed by atoms with E-state index in [4.69, 9.17) is 9.47 Å². The largest absolute Gasteiger partial charge is 0.444 e. The van der Waals surface area contributed by atoms with Crippen LogP contribution in [0.5, 0.6) is 0 Å². The van der Waals surface area contributed by atoms with Crippen molar-refractivity contribution < 1.29 is 18.7 Å². The molecule has 0 bridgehead atoms. The van der Waals surface area contributed by atoms with Crippen molar-refractivity contribution in [1.29, 1.82) is 0 Å². The summed E-state index contributed by atoms with van der Waals surface area (Å²) in [7, 11) is 1.55. The van der Waals surface area contributed by atoms with Crippen LogP contribution in [0, 0.1) is 5.82 Å². The zero-order valence-corrected chi connectivity index (χ0v) is 12.8. The van der Waals surface area contributed by atoms with Gasteiger partial charge in [-0.05, 0) is 46.1 Å². The number of carbonyl (C=O) groups excluding carboxylic acids is 1. The zero-order valence-electron chi connectivity index (χ0n) is 12.8. The van der Waals surface area contributed by atoms with Crippen LogP contribution >= 0.6 is 0 Å². The lowest BCUT2D eigenvalue weighted by Gasteiger charge is -2.40. The predicted molar refractivity (Wildman–Crippen MR) is 76.6 cm³/mol. The molecule has 1 N–H and O–H groups in total. The van der Waals surface area contributed by atoms with Gasteiger partial charge in [0.1, 0.15) is 16.9 Å². The monoisotopic (exact) mass is 296 g/mol. The number of pyridine rings is 1. The Morgan fingerprint density at radius 1 is 1.43 bits per heavy atom. The molecule has 1 fully saturated rings. The van der Waals surface area contributed by atoms with Gasteiger partial charge in [-0.3, -0.25) is 10.3 Å². The van der Waals surface area contributed by atoms with Crippen LogP contribution in [0.2, 0.25) is 0 Å². The summed E-state index contributed by atoms with van der Waals surface area (Å²) in [5.41, 5.74) is -1.02. The summed E-state index contributed by atoms with van der Waals surface area (Å²) in [5.74, 6) is -0.565. The Hall–Kier alpha value is -1.69. The molecule has 1 aromatic heterocycles. The summed E-state index contributed by atoms with van der Waals surface area (Å²) in [5, 5.41) is 2.42. The number of aromatic nitrogens is 1. The van der Waals surface area contributed by atoms with E-state index in [1.54, 1.807) is 27.9 Å². The van der Waals surface area contributed by atoms with E-state index in [1.807, 2.05) is 0 Å². The van der Waals surface area contributed by atoms with Crippen LogP contribution < -0.4 is 5.32 Å². The maximum absolute atomic E-state index is 14.6. The van der Waals surface area contributed by atoms with Crippen molar-refractivity contribution in [2.75, 3.05) is 12.4 Å². The Labute approximate surface area is 123 Å². The van der Waals surface area contributed by atoms with Crippen molar-refractivity contribution in [3.05, 3.63) is 23.8 Å². The zero-order chi connectivity index (χ0) is 15.7. The van der Waals surface area contributed by atoms with Gasteiger partial charge in [-0.1, -0.05) is 0 Å². The van der Waals surface area contributed by atoms with Crippen molar-refractivity contribution >= 4 is 11.8 Å². The minimum atomic E-state index is -0.696. The maximum atomic E-state index is 14.6. The second-order valence-corrected chi connectivity index (χ2v) is 6.20. The normalized spacial score (nSPS) is 17.0. The minimum absolute atomic E-state index is 0.0533. The molecule has 5 nitrogen and oxygen atoms in total. The Balaban J connectivity index is 2.20. The van der Waals surface area contributed by atoms with Gasteiger partial charge in [0.15, 0.2) is 5.82 Å². The highest BCUT2D eigenvalue weighted by Crippen LogP contribution is 2.45. The SMILES string of the molecule is COC1(c2nccc(NC(=O)OC(C)(C)C)c2F)CCC1. The number of halogens is 1. The minimum Gasteiger partial charge on any atom is -0.444 e. The molecule has 1 aliphatic carbocycles. The molecule has 0 aromatic carbocycles. The summed E-state index contributed by atoms with van der Waals surface area (Å²) < 4.78 is 25.1. The van der Waals surface area contributed by atoms with Gasteiger partial charge < -0.3 is 9.47 Å². The summed E-state index contributed by atoms with van der Waals surface area (Å²) in [6.45, 7) is 5.24. The standard InChI is InChI=1S/C15H21FN2O3/c1-14(2,3)21-13(19)18-10-6-9-17-12(11(10)16)15(20-4)7-5-8-15/h6,9H,5,7-8H2,1-4H3,(H,17,18,19). The van der Waals surface area contributed by atoms with E-state index in [0.717, 1.165) is 19.3 Å². The van der Waals surface area contributed by atoms with Crippen LogP contribution in [0.4, 0.5) is 14.9 Å². The molecule has 1 aromatic rings. The van der Waals surface area contributed by atoms with Gasteiger partial charge in [0.25, 0.3) is 0 Å². The fraction of sp³-hybridized carbons (Fsp3) is 0.600. The highest BCUT2D eigenvalue weighted by atomic mass is 19.1. The van der Waals surface area contributed by atoms with E-state index in [9.17, 15) is 9.18 Å². The third kappa shape index (κ3) is 3.32. The first-order valence-corrected chi connectivity index (χ1v) is 6.97. The second kappa shape index (κ2) is 5.60. The molecule has 6 heteroatoms. The molecule has 0 unspecified atom stereocenters. The molecule has 0 aliphatic heterocycles. The van der Waals surface area contributed by atoms with Gasteiger partial charge >= 0.3 is 6.09 Å². The highest BCUT2D eigenvalue weighted by molar-refractivity contribution is 5.85. The third-order valence-electron chi connectivity index (χ3n) is 3.51. The lowest BCUT2D eigenvalue weighted by atomic mass is 9.77. The first-order valence-electron chi connectivity index (χ1n) is 6.97. The van der Waals surface area contributed by atoms with Crippen molar-refractivity contribution in [1.82, 2.24) is 4.98 Å². The lowest BCUT2D eigenvalue weighted by molar-refractivity contribution is -0.0836. The van der Waals surface area contributed by atoms with Crippen molar-refractivity contribution in [2.45, 2.75) is 51.2 Å². The van der Waals surface area contributed by atoms with E-state index in [2.05, 4.69) is 10.3 Å². The molecule has 1 amide bonds. The molecule has 21 heavy (non-hydrogen) atoms. The van der Waals surface area contributed by atoms with E-state index < -0.39 is 23.1 Å². The van der Waals surface area contributed by atoms with Gasteiger partial charge in [-0.15, -0.1) is 0 Å². The molecule has 116 valence electrons. The van der Waals surface area contributed by atoms with Crippen LogP contribution in [0.25, 0.3) is 0 Å². The van der Waals surface area contributed by atoms with E-state index in [1.165, 1.54) is 12.3 Å². The quantitative estimate of drug-likeness (QED) is 0.926. The predicted octanol–water partition coefficient (Wildman–Crippen LogP) is 3.59. The fourth-order valence-corrected chi connectivity index (χ4v) is 2.31. The second-order valence-electron chi connectivity index (χ2n) is 6.20. The fourth-order valence-electron chi connectivity index (χ4n) is 2.31. The number of carbonyl (C=O) groups is 1. The average molecular weight is 296 g/mol. The number of rotatable bonds is 3. The molecule has 0 spiro atoms. The molecular formula is C15H21FN2O3. The Bertz CT molecular complexity index is 531.